The summed E-state index contributed by atoms with van der Waals surface area (Å²) in [5, 5.41) is 9.40. The molecule has 3 heterocycles. The van der Waals surface area contributed by atoms with E-state index in [-0.39, 0.29) is 11.7 Å². The van der Waals surface area contributed by atoms with Crippen molar-refractivity contribution in [1.82, 2.24) is 9.97 Å². The first-order chi connectivity index (χ1) is 16.0. The van der Waals surface area contributed by atoms with E-state index in [9.17, 15) is 9.18 Å². The van der Waals surface area contributed by atoms with Gasteiger partial charge < -0.3 is 20.9 Å². The van der Waals surface area contributed by atoms with E-state index in [4.69, 9.17) is 0 Å². The third-order valence-electron chi connectivity index (χ3n) is 5.92. The minimum atomic E-state index is -0.299. The number of amides is 1. The largest absolute Gasteiger partial charge is 0.371 e. The molecular formula is C25H27FN6O. The van der Waals surface area contributed by atoms with Gasteiger partial charge in [-0.3, -0.25) is 9.78 Å². The lowest BCUT2D eigenvalue weighted by atomic mass is 10.1. The highest BCUT2D eigenvalue weighted by Gasteiger charge is 2.21. The summed E-state index contributed by atoms with van der Waals surface area (Å²) in [4.78, 5) is 23.8. The second-order valence-electron chi connectivity index (χ2n) is 8.68. The molecule has 7 nitrogen and oxygen atoms in total. The van der Waals surface area contributed by atoms with Crippen molar-refractivity contribution in [3.8, 4) is 0 Å². The minimum absolute atomic E-state index is 0.273. The van der Waals surface area contributed by atoms with E-state index in [1.54, 1.807) is 31.5 Å². The molecule has 2 fully saturated rings. The van der Waals surface area contributed by atoms with Gasteiger partial charge in [-0.15, -0.1) is 0 Å². The molecule has 1 amide bonds. The number of carbonyl (C=O) groups excluding carboxylic acids is 1. The topological polar surface area (TPSA) is 82.2 Å². The van der Waals surface area contributed by atoms with Crippen LogP contribution in [0.3, 0.4) is 0 Å². The standard InChI is InChI=1S/C25H27FN6O/c1-16-23(25(33)31-19-6-7-24(28-14-19)30-18-4-5-18)13-21(15-27-16)29-20-10-17(26)11-22(12-20)32-8-2-3-9-32/h6-7,10-15,18,29H,2-5,8-9H2,1H3,(H,28,30)(H,31,33). The van der Waals surface area contributed by atoms with Crippen LogP contribution in [0, 0.1) is 12.7 Å². The molecule has 0 radical (unpaired) electrons. The molecule has 1 saturated carbocycles. The normalized spacial score (nSPS) is 15.4. The van der Waals surface area contributed by atoms with Crippen LogP contribution in [-0.2, 0) is 0 Å². The predicted octanol–water partition coefficient (Wildman–Crippen LogP) is 5.09. The molecule has 1 aliphatic carbocycles. The number of carbonyl (C=O) groups is 1. The van der Waals surface area contributed by atoms with Crippen molar-refractivity contribution in [2.75, 3.05) is 33.9 Å². The SMILES string of the molecule is Cc1ncc(Nc2cc(F)cc(N3CCCC3)c2)cc1C(=O)Nc1ccc(NC2CC2)nc1. The smallest absolute Gasteiger partial charge is 0.257 e. The summed E-state index contributed by atoms with van der Waals surface area (Å²) in [7, 11) is 0. The van der Waals surface area contributed by atoms with E-state index in [1.165, 1.54) is 18.9 Å². The quantitative estimate of drug-likeness (QED) is 0.469. The molecule has 0 spiro atoms. The molecule has 0 unspecified atom stereocenters. The van der Waals surface area contributed by atoms with Gasteiger partial charge in [-0.2, -0.15) is 0 Å². The lowest BCUT2D eigenvalue weighted by Crippen LogP contribution is -2.17. The summed E-state index contributed by atoms with van der Waals surface area (Å²) >= 11 is 0. The van der Waals surface area contributed by atoms with Gasteiger partial charge in [-0.25, -0.2) is 9.37 Å². The highest BCUT2D eigenvalue weighted by molar-refractivity contribution is 6.05. The number of hydrogen-bond donors (Lipinski definition) is 3. The van der Waals surface area contributed by atoms with Crippen LogP contribution in [0.2, 0.25) is 0 Å². The number of hydrogen-bond acceptors (Lipinski definition) is 6. The maximum absolute atomic E-state index is 14.2. The Morgan fingerprint density at radius 2 is 1.79 bits per heavy atom. The van der Waals surface area contributed by atoms with Crippen molar-refractivity contribution < 1.29 is 9.18 Å². The molecule has 5 rings (SSSR count). The van der Waals surface area contributed by atoms with Gasteiger partial charge in [0, 0.05) is 30.5 Å². The highest BCUT2D eigenvalue weighted by atomic mass is 19.1. The molecule has 3 aromatic rings. The third-order valence-corrected chi connectivity index (χ3v) is 5.92. The Labute approximate surface area is 192 Å². The summed E-state index contributed by atoms with van der Waals surface area (Å²) in [5.74, 6) is 0.236. The minimum Gasteiger partial charge on any atom is -0.371 e. The lowest BCUT2D eigenvalue weighted by molar-refractivity contribution is 0.102. The number of rotatable bonds is 7. The van der Waals surface area contributed by atoms with Gasteiger partial charge in [0.2, 0.25) is 0 Å². The molecule has 0 bridgehead atoms. The van der Waals surface area contributed by atoms with Crippen LogP contribution < -0.4 is 20.9 Å². The fourth-order valence-electron chi connectivity index (χ4n) is 3.99. The number of aryl methyl sites for hydroxylation is 1. The van der Waals surface area contributed by atoms with E-state index in [0.717, 1.165) is 37.4 Å². The van der Waals surface area contributed by atoms with Crippen molar-refractivity contribution in [1.29, 1.82) is 0 Å². The van der Waals surface area contributed by atoms with Gasteiger partial charge >= 0.3 is 0 Å². The molecule has 8 heteroatoms. The molecule has 1 saturated heterocycles. The van der Waals surface area contributed by atoms with Crippen molar-refractivity contribution in [3.05, 3.63) is 65.9 Å². The Kier molecular flexibility index (Phi) is 5.81. The lowest BCUT2D eigenvalue weighted by Gasteiger charge is -2.19. The number of halogens is 1. The van der Waals surface area contributed by atoms with E-state index in [0.29, 0.717) is 34.4 Å². The summed E-state index contributed by atoms with van der Waals surface area (Å²) < 4.78 is 14.2. The van der Waals surface area contributed by atoms with Gasteiger partial charge in [-0.05, 0) is 69.0 Å². The molecular weight excluding hydrogens is 419 g/mol. The van der Waals surface area contributed by atoms with E-state index in [2.05, 4.69) is 30.8 Å². The fraction of sp³-hybridized carbons (Fsp3) is 0.320. The van der Waals surface area contributed by atoms with Crippen LogP contribution in [0.25, 0.3) is 0 Å². The number of nitrogens with one attached hydrogen (secondary N) is 3. The molecule has 33 heavy (non-hydrogen) atoms. The van der Waals surface area contributed by atoms with Crippen LogP contribution in [0.5, 0.6) is 0 Å². The van der Waals surface area contributed by atoms with Gasteiger partial charge in [-0.1, -0.05) is 0 Å². The first-order valence-electron chi connectivity index (χ1n) is 11.4. The van der Waals surface area contributed by atoms with E-state index in [1.807, 2.05) is 18.2 Å². The summed E-state index contributed by atoms with van der Waals surface area (Å²) in [6.07, 6.45) is 7.87. The van der Waals surface area contributed by atoms with Crippen LogP contribution in [0.1, 0.15) is 41.7 Å². The molecule has 1 aromatic carbocycles. The number of pyridine rings is 2. The number of benzene rings is 1. The fourth-order valence-corrected chi connectivity index (χ4v) is 3.99. The summed E-state index contributed by atoms with van der Waals surface area (Å²) in [5.41, 5.74) is 3.76. The Morgan fingerprint density at radius 3 is 2.52 bits per heavy atom. The second kappa shape index (κ2) is 9.05. The zero-order chi connectivity index (χ0) is 22.8. The number of nitrogens with zero attached hydrogens (tertiary/aromatic N) is 3. The zero-order valence-electron chi connectivity index (χ0n) is 18.6. The molecule has 2 aliphatic rings. The van der Waals surface area contributed by atoms with Gasteiger partial charge in [0.25, 0.3) is 5.91 Å². The number of anilines is 5. The first kappa shape index (κ1) is 21.2. The summed E-state index contributed by atoms with van der Waals surface area (Å²) in [6.45, 7) is 3.66. The predicted molar refractivity (Wildman–Crippen MR) is 129 cm³/mol. The maximum atomic E-state index is 14.2. The van der Waals surface area contributed by atoms with Crippen molar-refractivity contribution in [3.63, 3.8) is 0 Å². The average molecular weight is 447 g/mol. The van der Waals surface area contributed by atoms with E-state index < -0.39 is 0 Å². The third kappa shape index (κ3) is 5.22. The molecule has 3 N–H and O–H groups in total. The molecule has 2 aromatic heterocycles. The Bertz CT molecular complexity index is 1160. The Morgan fingerprint density at radius 1 is 1.00 bits per heavy atom. The maximum Gasteiger partial charge on any atom is 0.257 e. The van der Waals surface area contributed by atoms with Gasteiger partial charge in [0.15, 0.2) is 0 Å². The first-order valence-corrected chi connectivity index (χ1v) is 11.4. The number of aromatic nitrogens is 2. The van der Waals surface area contributed by atoms with E-state index >= 15 is 0 Å². The van der Waals surface area contributed by atoms with Crippen molar-refractivity contribution in [2.24, 2.45) is 0 Å². The van der Waals surface area contributed by atoms with Gasteiger partial charge in [0.05, 0.1) is 35.0 Å². The van der Waals surface area contributed by atoms with Crippen LogP contribution >= 0.6 is 0 Å². The van der Waals surface area contributed by atoms with Crippen LogP contribution in [0.15, 0.2) is 48.8 Å². The molecule has 1 aliphatic heterocycles. The second-order valence-corrected chi connectivity index (χ2v) is 8.68. The average Bonchev–Trinajstić information content (AvgIpc) is 3.43. The monoisotopic (exact) mass is 446 g/mol. The molecule has 170 valence electrons. The van der Waals surface area contributed by atoms with Crippen molar-refractivity contribution in [2.45, 2.75) is 38.6 Å². The zero-order valence-corrected chi connectivity index (χ0v) is 18.6. The molecule has 0 atom stereocenters. The summed E-state index contributed by atoms with van der Waals surface area (Å²) in [6, 6.07) is 10.9. The Balaban J connectivity index is 1.30. The van der Waals surface area contributed by atoms with Gasteiger partial charge in [0.1, 0.15) is 11.6 Å². The van der Waals surface area contributed by atoms with Crippen LogP contribution in [-0.4, -0.2) is 35.0 Å². The Hall–Kier alpha value is -3.68. The van der Waals surface area contributed by atoms with Crippen LogP contribution in [0.4, 0.5) is 33.0 Å². The van der Waals surface area contributed by atoms with Crippen molar-refractivity contribution >= 4 is 34.5 Å². The highest BCUT2D eigenvalue weighted by Crippen LogP contribution is 2.28.